The molecule has 0 fully saturated rings. The maximum Gasteiger partial charge on any atom is 0.264 e. The van der Waals surface area contributed by atoms with Gasteiger partial charge in [-0.1, -0.05) is 35.9 Å². The Morgan fingerprint density at radius 3 is 2.60 bits per heavy atom. The van der Waals surface area contributed by atoms with E-state index in [0.717, 1.165) is 5.39 Å². The van der Waals surface area contributed by atoms with E-state index >= 15 is 0 Å². The molecule has 0 radical (unpaired) electrons. The summed E-state index contributed by atoms with van der Waals surface area (Å²) in [5.74, 6) is 0. The molecule has 1 aromatic heterocycles. The molecule has 0 bridgehead atoms. The molecular formula is C13H9ClN2O2S2. The SMILES string of the molecule is O=S(=O)(Nc1nccs1)c1cccc2cccc(Cl)c12. The number of sulfonamides is 1. The summed E-state index contributed by atoms with van der Waals surface area (Å²) in [6, 6.07) is 10.3. The third-order valence-electron chi connectivity index (χ3n) is 2.76. The van der Waals surface area contributed by atoms with Gasteiger partial charge in [0.15, 0.2) is 5.13 Å². The van der Waals surface area contributed by atoms with Crippen molar-refractivity contribution in [2.45, 2.75) is 4.90 Å². The molecule has 3 rings (SSSR count). The Morgan fingerprint density at radius 2 is 1.90 bits per heavy atom. The smallest absolute Gasteiger partial charge is 0.255 e. The highest BCUT2D eigenvalue weighted by Gasteiger charge is 2.19. The molecule has 3 aromatic rings. The van der Waals surface area contributed by atoms with E-state index in [1.807, 2.05) is 12.1 Å². The van der Waals surface area contributed by atoms with E-state index in [-0.39, 0.29) is 4.90 Å². The quantitative estimate of drug-likeness (QED) is 0.798. The fraction of sp³-hybridized carbons (Fsp3) is 0. The highest BCUT2D eigenvalue weighted by molar-refractivity contribution is 7.93. The van der Waals surface area contributed by atoms with Crippen molar-refractivity contribution in [2.75, 3.05) is 4.72 Å². The number of aromatic nitrogens is 1. The minimum absolute atomic E-state index is 0.149. The lowest BCUT2D eigenvalue weighted by Crippen LogP contribution is -2.13. The second-order valence-corrected chi connectivity index (χ2v) is 6.99. The number of hydrogen-bond donors (Lipinski definition) is 1. The van der Waals surface area contributed by atoms with Gasteiger partial charge < -0.3 is 0 Å². The first-order chi connectivity index (χ1) is 9.58. The number of nitrogens with zero attached hydrogens (tertiary/aromatic N) is 1. The number of benzene rings is 2. The summed E-state index contributed by atoms with van der Waals surface area (Å²) in [6.07, 6.45) is 1.54. The van der Waals surface area contributed by atoms with Gasteiger partial charge in [-0.05, 0) is 17.5 Å². The zero-order valence-corrected chi connectivity index (χ0v) is 12.5. The maximum absolute atomic E-state index is 12.5. The van der Waals surface area contributed by atoms with Crippen LogP contribution in [0.5, 0.6) is 0 Å². The van der Waals surface area contributed by atoms with Gasteiger partial charge in [-0.25, -0.2) is 13.4 Å². The Labute approximate surface area is 125 Å². The first-order valence-corrected chi connectivity index (χ1v) is 8.41. The van der Waals surface area contributed by atoms with Gasteiger partial charge in [-0.15, -0.1) is 11.3 Å². The van der Waals surface area contributed by atoms with Gasteiger partial charge in [-0.3, -0.25) is 4.72 Å². The largest absolute Gasteiger partial charge is 0.264 e. The van der Waals surface area contributed by atoms with Crippen LogP contribution in [0.1, 0.15) is 0 Å². The molecule has 0 aliphatic heterocycles. The molecule has 1 heterocycles. The second kappa shape index (κ2) is 5.05. The van der Waals surface area contributed by atoms with Gasteiger partial charge in [0.2, 0.25) is 0 Å². The van der Waals surface area contributed by atoms with Crippen LogP contribution in [0.2, 0.25) is 5.02 Å². The number of nitrogens with one attached hydrogen (secondary N) is 1. The van der Waals surface area contributed by atoms with Gasteiger partial charge in [-0.2, -0.15) is 0 Å². The number of thiazole rings is 1. The van der Waals surface area contributed by atoms with Gasteiger partial charge in [0.05, 0.1) is 4.90 Å². The average molecular weight is 325 g/mol. The standard InChI is InChI=1S/C13H9ClN2O2S2/c14-10-5-1-3-9-4-2-6-11(12(9)10)20(17,18)16-13-15-7-8-19-13/h1-8H,(H,15,16). The van der Waals surface area contributed by atoms with Crippen molar-refractivity contribution in [1.82, 2.24) is 4.98 Å². The first-order valence-electron chi connectivity index (χ1n) is 5.67. The van der Waals surface area contributed by atoms with Crippen LogP contribution in [-0.4, -0.2) is 13.4 Å². The van der Waals surface area contributed by atoms with Gasteiger partial charge in [0, 0.05) is 22.0 Å². The topological polar surface area (TPSA) is 59.1 Å². The summed E-state index contributed by atoms with van der Waals surface area (Å²) in [5.41, 5.74) is 0. The molecule has 0 atom stereocenters. The highest BCUT2D eigenvalue weighted by Crippen LogP contribution is 2.30. The molecule has 102 valence electrons. The number of halogens is 1. The molecule has 0 unspecified atom stereocenters. The van der Waals surface area contributed by atoms with Crippen LogP contribution in [0.4, 0.5) is 5.13 Å². The zero-order chi connectivity index (χ0) is 14.2. The van der Waals surface area contributed by atoms with E-state index in [1.165, 1.54) is 17.4 Å². The van der Waals surface area contributed by atoms with Gasteiger partial charge in [0.1, 0.15) is 0 Å². The summed E-state index contributed by atoms with van der Waals surface area (Å²) in [5, 5.41) is 3.73. The summed E-state index contributed by atoms with van der Waals surface area (Å²) < 4.78 is 27.4. The predicted molar refractivity (Wildman–Crippen MR) is 81.9 cm³/mol. The summed E-state index contributed by atoms with van der Waals surface area (Å²) in [4.78, 5) is 4.07. The third-order valence-corrected chi connectivity index (χ3v) is 5.27. The van der Waals surface area contributed by atoms with E-state index in [4.69, 9.17) is 11.6 Å². The Morgan fingerprint density at radius 1 is 1.15 bits per heavy atom. The molecule has 0 spiro atoms. The number of hydrogen-bond acceptors (Lipinski definition) is 4. The Bertz CT molecular complexity index is 856. The molecule has 0 aliphatic rings. The van der Waals surface area contributed by atoms with Crippen molar-refractivity contribution in [3.8, 4) is 0 Å². The minimum Gasteiger partial charge on any atom is -0.255 e. The summed E-state index contributed by atoms with van der Waals surface area (Å²) in [7, 11) is -3.72. The summed E-state index contributed by atoms with van der Waals surface area (Å²) in [6.45, 7) is 0. The van der Waals surface area contributed by atoms with Gasteiger partial charge >= 0.3 is 0 Å². The molecule has 0 aliphatic carbocycles. The molecule has 7 heteroatoms. The van der Waals surface area contributed by atoms with Crippen molar-refractivity contribution in [3.05, 3.63) is 53.0 Å². The zero-order valence-electron chi connectivity index (χ0n) is 10.1. The van der Waals surface area contributed by atoms with Crippen LogP contribution in [-0.2, 0) is 10.0 Å². The first kappa shape index (κ1) is 13.4. The van der Waals surface area contributed by atoms with Crippen LogP contribution in [0.3, 0.4) is 0 Å². The highest BCUT2D eigenvalue weighted by atomic mass is 35.5. The lowest BCUT2D eigenvalue weighted by Gasteiger charge is -2.09. The number of anilines is 1. The molecule has 20 heavy (non-hydrogen) atoms. The van der Waals surface area contributed by atoms with Crippen molar-refractivity contribution in [3.63, 3.8) is 0 Å². The van der Waals surface area contributed by atoms with E-state index in [0.29, 0.717) is 15.5 Å². The van der Waals surface area contributed by atoms with E-state index in [1.54, 1.807) is 29.8 Å². The number of fused-ring (bicyclic) bond motifs is 1. The predicted octanol–water partition coefficient (Wildman–Crippen LogP) is 3.75. The van der Waals surface area contributed by atoms with E-state index < -0.39 is 10.0 Å². The average Bonchev–Trinajstić information content (AvgIpc) is 2.90. The van der Waals surface area contributed by atoms with Crippen LogP contribution < -0.4 is 4.72 Å². The van der Waals surface area contributed by atoms with Crippen molar-refractivity contribution in [1.29, 1.82) is 0 Å². The fourth-order valence-corrected chi connectivity index (χ4v) is 4.31. The molecule has 0 saturated heterocycles. The maximum atomic E-state index is 12.5. The lowest BCUT2D eigenvalue weighted by atomic mass is 10.1. The molecule has 0 amide bonds. The summed E-state index contributed by atoms with van der Waals surface area (Å²) >= 11 is 7.36. The van der Waals surface area contributed by atoms with Crippen molar-refractivity contribution >= 4 is 48.9 Å². The minimum atomic E-state index is -3.72. The van der Waals surface area contributed by atoms with Crippen LogP contribution in [0.25, 0.3) is 10.8 Å². The van der Waals surface area contributed by atoms with E-state index in [2.05, 4.69) is 9.71 Å². The molecule has 4 nitrogen and oxygen atoms in total. The van der Waals surface area contributed by atoms with Crippen LogP contribution in [0, 0.1) is 0 Å². The van der Waals surface area contributed by atoms with Gasteiger partial charge in [0.25, 0.3) is 10.0 Å². The van der Waals surface area contributed by atoms with Crippen LogP contribution >= 0.6 is 22.9 Å². The molecule has 2 aromatic carbocycles. The lowest BCUT2D eigenvalue weighted by molar-refractivity contribution is 0.602. The van der Waals surface area contributed by atoms with Crippen molar-refractivity contribution in [2.24, 2.45) is 0 Å². The third kappa shape index (κ3) is 2.37. The van der Waals surface area contributed by atoms with E-state index in [9.17, 15) is 8.42 Å². The normalized spacial score (nSPS) is 11.7. The molecule has 0 saturated carbocycles. The second-order valence-electron chi connectivity index (χ2n) is 4.04. The Kier molecular flexibility index (Phi) is 3.37. The number of rotatable bonds is 3. The fourth-order valence-electron chi connectivity index (χ4n) is 1.93. The molecular weight excluding hydrogens is 316 g/mol. The van der Waals surface area contributed by atoms with Crippen LogP contribution in [0.15, 0.2) is 52.9 Å². The Hall–Kier alpha value is -1.63. The van der Waals surface area contributed by atoms with Crippen molar-refractivity contribution < 1.29 is 8.42 Å². The monoisotopic (exact) mass is 324 g/mol. The molecule has 1 N–H and O–H groups in total. The Balaban J connectivity index is 2.19.